The number of benzene rings is 1. The normalized spacial score (nSPS) is 20.8. The highest BCUT2D eigenvalue weighted by Gasteiger charge is 2.36. The number of hydrogen-bond acceptors (Lipinski definition) is 1. The molecule has 1 aromatic carbocycles. The van der Waals surface area contributed by atoms with Crippen molar-refractivity contribution in [3.05, 3.63) is 47.5 Å². The number of hydrogen-bond donors (Lipinski definition) is 0. The fraction of sp³-hybridized carbons (Fsp3) is 0.583. The Balaban J connectivity index is 1.86. The molecule has 0 aromatic heterocycles. The van der Waals surface area contributed by atoms with E-state index < -0.39 is 0 Å². The minimum atomic E-state index is 0.467. The van der Waals surface area contributed by atoms with Crippen LogP contribution in [0.15, 0.2) is 36.4 Å². The third-order valence-electron chi connectivity index (χ3n) is 5.13. The van der Waals surface area contributed by atoms with E-state index in [4.69, 9.17) is 4.74 Å². The van der Waals surface area contributed by atoms with Crippen LogP contribution in [0.3, 0.4) is 0 Å². The van der Waals surface area contributed by atoms with Gasteiger partial charge in [0.1, 0.15) is 0 Å². The summed E-state index contributed by atoms with van der Waals surface area (Å²) in [5.74, 6) is 0.622. The Labute approximate surface area is 155 Å². The smallest absolute Gasteiger partial charge is 0.0645 e. The van der Waals surface area contributed by atoms with Crippen LogP contribution in [-0.2, 0) is 4.74 Å². The Morgan fingerprint density at radius 3 is 2.24 bits per heavy atom. The van der Waals surface area contributed by atoms with Gasteiger partial charge in [-0.3, -0.25) is 0 Å². The lowest BCUT2D eigenvalue weighted by atomic mass is 10.00. The second-order valence-electron chi connectivity index (χ2n) is 7.47. The first-order valence-corrected chi connectivity index (χ1v) is 10.2. The topological polar surface area (TPSA) is 9.23 Å². The van der Waals surface area contributed by atoms with Gasteiger partial charge in [0.25, 0.3) is 0 Å². The average Bonchev–Trinajstić information content (AvgIpc) is 3.36. The molecule has 1 nitrogen and oxygen atoms in total. The number of allylic oxidation sites excluding steroid dienone is 3. The minimum Gasteiger partial charge on any atom is -0.378 e. The van der Waals surface area contributed by atoms with Gasteiger partial charge >= 0.3 is 0 Å². The SMILES string of the molecule is CCCCC/C=C(\C)c1ccc(/C(C)=C/C2CC2OCCCC)cc1. The predicted molar refractivity (Wildman–Crippen MR) is 111 cm³/mol. The minimum absolute atomic E-state index is 0.467. The van der Waals surface area contributed by atoms with Crippen molar-refractivity contribution in [2.75, 3.05) is 6.61 Å². The van der Waals surface area contributed by atoms with Gasteiger partial charge < -0.3 is 4.74 Å². The molecule has 25 heavy (non-hydrogen) atoms. The summed E-state index contributed by atoms with van der Waals surface area (Å²) in [7, 11) is 0. The molecular formula is C24H36O. The van der Waals surface area contributed by atoms with Crippen LogP contribution in [0, 0.1) is 5.92 Å². The van der Waals surface area contributed by atoms with E-state index in [2.05, 4.69) is 64.1 Å². The standard InChI is InChI=1S/C24H36O/c1-5-7-9-10-11-19(3)21-12-14-22(15-13-21)20(4)17-23-18-24(23)25-16-8-6-2/h11-15,17,23-24H,5-10,16,18H2,1-4H3/b19-11+,20-17+. The van der Waals surface area contributed by atoms with Gasteiger partial charge in [-0.05, 0) is 61.8 Å². The maximum atomic E-state index is 5.90. The van der Waals surface area contributed by atoms with Crippen molar-refractivity contribution in [2.45, 2.75) is 78.7 Å². The molecule has 1 aromatic rings. The van der Waals surface area contributed by atoms with E-state index in [1.165, 1.54) is 67.2 Å². The molecule has 0 heterocycles. The molecule has 1 fully saturated rings. The monoisotopic (exact) mass is 340 g/mol. The van der Waals surface area contributed by atoms with E-state index in [0.717, 1.165) is 6.61 Å². The maximum absolute atomic E-state index is 5.90. The summed E-state index contributed by atoms with van der Waals surface area (Å²) >= 11 is 0. The van der Waals surface area contributed by atoms with Crippen molar-refractivity contribution in [3.63, 3.8) is 0 Å². The zero-order valence-electron chi connectivity index (χ0n) is 16.7. The second kappa shape index (κ2) is 10.6. The molecule has 0 bridgehead atoms. The van der Waals surface area contributed by atoms with Crippen molar-refractivity contribution in [1.29, 1.82) is 0 Å². The largest absolute Gasteiger partial charge is 0.378 e. The summed E-state index contributed by atoms with van der Waals surface area (Å²) in [5, 5.41) is 0. The summed E-state index contributed by atoms with van der Waals surface area (Å²) < 4.78 is 5.90. The Morgan fingerprint density at radius 1 is 0.960 bits per heavy atom. The van der Waals surface area contributed by atoms with E-state index in [1.54, 1.807) is 0 Å². The highest BCUT2D eigenvalue weighted by molar-refractivity contribution is 5.69. The first-order chi connectivity index (χ1) is 12.2. The van der Waals surface area contributed by atoms with Gasteiger partial charge in [-0.2, -0.15) is 0 Å². The van der Waals surface area contributed by atoms with E-state index in [9.17, 15) is 0 Å². The van der Waals surface area contributed by atoms with Crippen LogP contribution in [0.4, 0.5) is 0 Å². The Bertz CT molecular complexity index is 564. The second-order valence-corrected chi connectivity index (χ2v) is 7.47. The molecule has 0 saturated heterocycles. The van der Waals surface area contributed by atoms with Crippen LogP contribution in [0.2, 0.25) is 0 Å². The van der Waals surface area contributed by atoms with Gasteiger partial charge in [0, 0.05) is 12.5 Å². The van der Waals surface area contributed by atoms with Crippen molar-refractivity contribution >= 4 is 11.1 Å². The molecule has 2 rings (SSSR count). The van der Waals surface area contributed by atoms with Crippen molar-refractivity contribution < 1.29 is 4.74 Å². The van der Waals surface area contributed by atoms with Gasteiger partial charge in [0.2, 0.25) is 0 Å². The zero-order chi connectivity index (χ0) is 18.1. The summed E-state index contributed by atoms with van der Waals surface area (Å²) in [6, 6.07) is 9.06. The Hall–Kier alpha value is -1.34. The average molecular weight is 341 g/mol. The molecule has 1 heteroatoms. The fourth-order valence-corrected chi connectivity index (χ4v) is 3.18. The van der Waals surface area contributed by atoms with Crippen molar-refractivity contribution in [3.8, 4) is 0 Å². The first-order valence-electron chi connectivity index (χ1n) is 10.2. The van der Waals surface area contributed by atoms with E-state index in [1.807, 2.05) is 0 Å². The molecule has 0 spiro atoms. The molecule has 1 aliphatic carbocycles. The quantitative estimate of drug-likeness (QED) is 0.385. The molecule has 138 valence electrons. The number of unbranched alkanes of at least 4 members (excludes halogenated alkanes) is 4. The number of rotatable bonds is 11. The van der Waals surface area contributed by atoms with Crippen LogP contribution in [0.25, 0.3) is 11.1 Å². The molecule has 2 unspecified atom stereocenters. The predicted octanol–water partition coefficient (Wildman–Crippen LogP) is 7.28. The number of ether oxygens (including phenoxy) is 1. The Kier molecular flexibility index (Phi) is 8.48. The Morgan fingerprint density at radius 2 is 1.60 bits per heavy atom. The van der Waals surface area contributed by atoms with Crippen LogP contribution in [0.1, 0.15) is 83.8 Å². The highest BCUT2D eigenvalue weighted by atomic mass is 16.5. The molecular weight excluding hydrogens is 304 g/mol. The van der Waals surface area contributed by atoms with E-state index >= 15 is 0 Å². The van der Waals surface area contributed by atoms with Gasteiger partial charge in [-0.1, -0.05) is 69.5 Å². The molecule has 1 saturated carbocycles. The zero-order valence-corrected chi connectivity index (χ0v) is 16.7. The lowest BCUT2D eigenvalue weighted by Crippen LogP contribution is -1.98. The molecule has 0 aliphatic heterocycles. The molecule has 1 aliphatic rings. The lowest BCUT2D eigenvalue weighted by molar-refractivity contribution is 0.110. The van der Waals surface area contributed by atoms with Crippen LogP contribution in [-0.4, -0.2) is 12.7 Å². The van der Waals surface area contributed by atoms with Crippen LogP contribution >= 0.6 is 0 Å². The molecule has 0 radical (unpaired) electrons. The van der Waals surface area contributed by atoms with Crippen LogP contribution in [0.5, 0.6) is 0 Å². The van der Waals surface area contributed by atoms with Gasteiger partial charge in [0.15, 0.2) is 0 Å². The molecule has 0 N–H and O–H groups in total. The first kappa shape index (κ1) is 20.0. The third kappa shape index (κ3) is 6.82. The molecule has 2 atom stereocenters. The maximum Gasteiger partial charge on any atom is 0.0645 e. The van der Waals surface area contributed by atoms with Gasteiger partial charge in [0.05, 0.1) is 6.10 Å². The summed E-state index contributed by atoms with van der Waals surface area (Å²) in [6.07, 6.45) is 14.0. The third-order valence-corrected chi connectivity index (χ3v) is 5.13. The summed E-state index contributed by atoms with van der Waals surface area (Å²) in [5.41, 5.74) is 5.46. The van der Waals surface area contributed by atoms with Gasteiger partial charge in [-0.25, -0.2) is 0 Å². The molecule has 0 amide bonds. The van der Waals surface area contributed by atoms with E-state index in [0.29, 0.717) is 12.0 Å². The van der Waals surface area contributed by atoms with Gasteiger partial charge in [-0.15, -0.1) is 0 Å². The van der Waals surface area contributed by atoms with Crippen molar-refractivity contribution in [1.82, 2.24) is 0 Å². The lowest BCUT2D eigenvalue weighted by Gasteiger charge is -2.06. The van der Waals surface area contributed by atoms with Crippen LogP contribution < -0.4 is 0 Å². The summed E-state index contributed by atoms with van der Waals surface area (Å²) in [6.45, 7) is 9.84. The summed E-state index contributed by atoms with van der Waals surface area (Å²) in [4.78, 5) is 0. The fourth-order valence-electron chi connectivity index (χ4n) is 3.18. The highest BCUT2D eigenvalue weighted by Crippen LogP contribution is 2.37. The van der Waals surface area contributed by atoms with Crippen molar-refractivity contribution in [2.24, 2.45) is 5.92 Å². The van der Waals surface area contributed by atoms with E-state index in [-0.39, 0.29) is 0 Å².